The van der Waals surface area contributed by atoms with Crippen LogP contribution in [-0.2, 0) is 9.59 Å². The third-order valence-corrected chi connectivity index (χ3v) is 4.20. The fraction of sp³-hybridized carbons (Fsp3) is 0.846. The van der Waals surface area contributed by atoms with E-state index < -0.39 is 12.0 Å². The highest BCUT2D eigenvalue weighted by Crippen LogP contribution is 2.38. The summed E-state index contributed by atoms with van der Waals surface area (Å²) < 4.78 is 0. The Balaban J connectivity index is 2.09. The Morgan fingerprint density at radius 1 is 1.41 bits per heavy atom. The number of unbranched alkanes of at least 4 members (excludes halogenated alkanes) is 1. The van der Waals surface area contributed by atoms with Crippen LogP contribution < -0.4 is 0 Å². The van der Waals surface area contributed by atoms with E-state index in [1.165, 1.54) is 12.8 Å². The SMILES string of the molecule is CCCC[C@@H]1CC[C@@H](C(=O)O)N2C(=O)CC[C@@H]12. The van der Waals surface area contributed by atoms with Gasteiger partial charge in [0.15, 0.2) is 0 Å². The number of carboxylic acid groups (broad SMARTS) is 1. The Morgan fingerprint density at radius 3 is 2.82 bits per heavy atom. The molecule has 17 heavy (non-hydrogen) atoms. The maximum absolute atomic E-state index is 11.8. The van der Waals surface area contributed by atoms with Crippen LogP contribution in [0.1, 0.15) is 51.9 Å². The molecule has 0 radical (unpaired) electrons. The first-order valence-corrected chi connectivity index (χ1v) is 6.69. The molecule has 4 nitrogen and oxygen atoms in total. The number of rotatable bonds is 4. The molecule has 0 bridgehead atoms. The molecule has 2 rings (SSSR count). The van der Waals surface area contributed by atoms with Crippen molar-refractivity contribution in [3.8, 4) is 0 Å². The third-order valence-electron chi connectivity index (χ3n) is 4.20. The maximum atomic E-state index is 11.8. The molecule has 0 aliphatic carbocycles. The molecule has 0 unspecified atom stereocenters. The number of carbonyl (C=O) groups is 2. The average molecular weight is 239 g/mol. The van der Waals surface area contributed by atoms with Crippen molar-refractivity contribution in [1.82, 2.24) is 4.90 Å². The van der Waals surface area contributed by atoms with E-state index in [9.17, 15) is 14.7 Å². The third kappa shape index (κ3) is 2.31. The van der Waals surface area contributed by atoms with Gasteiger partial charge in [-0.3, -0.25) is 4.79 Å². The molecular formula is C13H21NO3. The van der Waals surface area contributed by atoms with Gasteiger partial charge in [-0.25, -0.2) is 4.79 Å². The summed E-state index contributed by atoms with van der Waals surface area (Å²) >= 11 is 0. The number of fused-ring (bicyclic) bond motifs is 1. The van der Waals surface area contributed by atoms with Crippen LogP contribution in [0.5, 0.6) is 0 Å². The predicted octanol–water partition coefficient (Wildman–Crippen LogP) is 2.03. The Hall–Kier alpha value is -1.06. The number of hydrogen-bond donors (Lipinski definition) is 1. The molecule has 2 heterocycles. The van der Waals surface area contributed by atoms with Crippen molar-refractivity contribution < 1.29 is 14.7 Å². The molecule has 0 aromatic heterocycles. The van der Waals surface area contributed by atoms with Gasteiger partial charge in [-0.05, 0) is 31.6 Å². The molecule has 0 spiro atoms. The summed E-state index contributed by atoms with van der Waals surface area (Å²) in [5.74, 6) is -0.264. The van der Waals surface area contributed by atoms with E-state index >= 15 is 0 Å². The second kappa shape index (κ2) is 5.07. The van der Waals surface area contributed by atoms with E-state index in [4.69, 9.17) is 0 Å². The summed E-state index contributed by atoms with van der Waals surface area (Å²) in [4.78, 5) is 24.6. The highest BCUT2D eigenvalue weighted by molar-refractivity contribution is 5.85. The van der Waals surface area contributed by atoms with Gasteiger partial charge >= 0.3 is 5.97 Å². The lowest BCUT2D eigenvalue weighted by atomic mass is 9.82. The molecule has 3 atom stereocenters. The molecule has 96 valence electrons. The molecule has 2 aliphatic heterocycles. The molecular weight excluding hydrogens is 218 g/mol. The van der Waals surface area contributed by atoms with Crippen LogP contribution in [-0.4, -0.2) is 34.0 Å². The van der Waals surface area contributed by atoms with Gasteiger partial charge in [0.2, 0.25) is 5.91 Å². The van der Waals surface area contributed by atoms with Crippen molar-refractivity contribution in [2.24, 2.45) is 5.92 Å². The summed E-state index contributed by atoms with van der Waals surface area (Å²) in [7, 11) is 0. The minimum atomic E-state index is -0.834. The van der Waals surface area contributed by atoms with Crippen molar-refractivity contribution in [2.45, 2.75) is 64.0 Å². The van der Waals surface area contributed by atoms with E-state index in [0.29, 0.717) is 18.8 Å². The lowest BCUT2D eigenvalue weighted by molar-refractivity contribution is -0.153. The lowest BCUT2D eigenvalue weighted by Gasteiger charge is -2.41. The highest BCUT2D eigenvalue weighted by atomic mass is 16.4. The summed E-state index contributed by atoms with van der Waals surface area (Å²) in [6, 6.07) is -0.364. The smallest absolute Gasteiger partial charge is 0.326 e. The molecule has 0 aromatic carbocycles. The van der Waals surface area contributed by atoms with Gasteiger partial charge in [-0.15, -0.1) is 0 Å². The molecule has 2 saturated heterocycles. The van der Waals surface area contributed by atoms with Crippen LogP contribution in [0.3, 0.4) is 0 Å². The lowest BCUT2D eigenvalue weighted by Crippen LogP contribution is -2.52. The van der Waals surface area contributed by atoms with Crippen molar-refractivity contribution in [2.75, 3.05) is 0 Å². The minimum absolute atomic E-state index is 0.0450. The Bertz CT molecular complexity index is 316. The van der Waals surface area contributed by atoms with Crippen molar-refractivity contribution in [1.29, 1.82) is 0 Å². The van der Waals surface area contributed by atoms with E-state index in [0.717, 1.165) is 19.3 Å². The fourth-order valence-electron chi connectivity index (χ4n) is 3.34. The maximum Gasteiger partial charge on any atom is 0.326 e. The van der Waals surface area contributed by atoms with Crippen LogP contribution in [0.2, 0.25) is 0 Å². The molecule has 0 aromatic rings. The van der Waals surface area contributed by atoms with Gasteiger partial charge in [0.1, 0.15) is 6.04 Å². The van der Waals surface area contributed by atoms with E-state index in [1.54, 1.807) is 4.90 Å². The van der Waals surface area contributed by atoms with E-state index in [2.05, 4.69) is 6.92 Å². The molecule has 2 aliphatic rings. The summed E-state index contributed by atoms with van der Waals surface area (Å²) in [5, 5.41) is 9.17. The monoisotopic (exact) mass is 239 g/mol. The molecule has 4 heteroatoms. The highest BCUT2D eigenvalue weighted by Gasteiger charge is 2.45. The molecule has 1 N–H and O–H groups in total. The Morgan fingerprint density at radius 2 is 2.18 bits per heavy atom. The first-order chi connectivity index (χ1) is 8.15. The zero-order valence-electron chi connectivity index (χ0n) is 10.4. The van der Waals surface area contributed by atoms with Crippen LogP contribution in [0.4, 0.5) is 0 Å². The quantitative estimate of drug-likeness (QED) is 0.816. The number of amides is 1. The summed E-state index contributed by atoms with van der Waals surface area (Å²) in [6.45, 7) is 2.17. The van der Waals surface area contributed by atoms with Crippen molar-refractivity contribution in [3.63, 3.8) is 0 Å². The Kier molecular flexibility index (Phi) is 3.69. The standard InChI is InChI=1S/C13H21NO3/c1-2-3-4-9-5-6-11(13(16)17)14-10(9)7-8-12(14)15/h9-11H,2-8H2,1H3,(H,16,17)/t9-,10+,11+/m1/s1. The second-order valence-corrected chi connectivity index (χ2v) is 5.24. The number of hydrogen-bond acceptors (Lipinski definition) is 2. The first-order valence-electron chi connectivity index (χ1n) is 6.69. The van der Waals surface area contributed by atoms with Crippen LogP contribution in [0.25, 0.3) is 0 Å². The topological polar surface area (TPSA) is 57.6 Å². The summed E-state index contributed by atoms with van der Waals surface area (Å²) in [5.41, 5.74) is 0. The fourth-order valence-corrected chi connectivity index (χ4v) is 3.34. The summed E-state index contributed by atoms with van der Waals surface area (Å²) in [6.07, 6.45) is 6.48. The van der Waals surface area contributed by atoms with Crippen LogP contribution in [0, 0.1) is 5.92 Å². The van der Waals surface area contributed by atoms with Crippen LogP contribution in [0.15, 0.2) is 0 Å². The van der Waals surface area contributed by atoms with Crippen molar-refractivity contribution >= 4 is 11.9 Å². The van der Waals surface area contributed by atoms with Gasteiger partial charge in [0.05, 0.1) is 0 Å². The van der Waals surface area contributed by atoms with Crippen LogP contribution >= 0.6 is 0 Å². The van der Waals surface area contributed by atoms with Gasteiger partial charge in [-0.2, -0.15) is 0 Å². The van der Waals surface area contributed by atoms with Gasteiger partial charge in [0, 0.05) is 12.5 Å². The van der Waals surface area contributed by atoms with Crippen molar-refractivity contribution in [3.05, 3.63) is 0 Å². The molecule has 2 fully saturated rings. The minimum Gasteiger partial charge on any atom is -0.480 e. The first kappa shape index (κ1) is 12.4. The largest absolute Gasteiger partial charge is 0.480 e. The Labute approximate surface area is 102 Å². The number of carbonyl (C=O) groups excluding carboxylic acids is 1. The predicted molar refractivity (Wildman–Crippen MR) is 63.5 cm³/mol. The number of piperidine rings is 1. The van der Waals surface area contributed by atoms with E-state index in [-0.39, 0.29) is 11.9 Å². The number of aliphatic carboxylic acids is 1. The van der Waals surface area contributed by atoms with Gasteiger partial charge in [0.25, 0.3) is 0 Å². The zero-order chi connectivity index (χ0) is 12.4. The average Bonchev–Trinajstić information content (AvgIpc) is 2.69. The normalized spacial score (nSPS) is 32.6. The van der Waals surface area contributed by atoms with E-state index in [1.807, 2.05) is 0 Å². The van der Waals surface area contributed by atoms with Gasteiger partial charge < -0.3 is 10.0 Å². The number of carboxylic acids is 1. The second-order valence-electron chi connectivity index (χ2n) is 5.24. The number of nitrogens with zero attached hydrogens (tertiary/aromatic N) is 1. The molecule has 0 saturated carbocycles. The zero-order valence-corrected chi connectivity index (χ0v) is 10.4. The molecule has 1 amide bonds. The van der Waals surface area contributed by atoms with Gasteiger partial charge in [-0.1, -0.05) is 19.8 Å².